The minimum Gasteiger partial charge on any atom is -0.494 e. The molecular weight excluding hydrogens is 316 g/mol. The zero-order chi connectivity index (χ0) is 18.1. The molecule has 0 aliphatic rings. The molecule has 0 N–H and O–H groups in total. The Kier molecular flexibility index (Phi) is 7.08. The Morgan fingerprint density at radius 1 is 0.880 bits per heavy atom. The van der Waals surface area contributed by atoms with Crippen LogP contribution >= 0.6 is 0 Å². The average Bonchev–Trinajstić information content (AvgIpc) is 2.62. The van der Waals surface area contributed by atoms with Crippen molar-refractivity contribution >= 4 is 11.9 Å². The zero-order valence-electron chi connectivity index (χ0n) is 15.0. The Morgan fingerprint density at radius 2 is 1.56 bits per heavy atom. The largest absolute Gasteiger partial charge is 0.494 e. The van der Waals surface area contributed by atoms with Crippen LogP contribution in [0.25, 0.3) is 6.08 Å². The lowest BCUT2D eigenvalue weighted by atomic mass is 10.1. The van der Waals surface area contributed by atoms with Crippen molar-refractivity contribution < 1.29 is 19.0 Å². The van der Waals surface area contributed by atoms with E-state index in [4.69, 9.17) is 14.2 Å². The lowest BCUT2D eigenvalue weighted by Gasteiger charge is -2.10. The third-order valence-electron chi connectivity index (χ3n) is 3.46. The first kappa shape index (κ1) is 18.6. The summed E-state index contributed by atoms with van der Waals surface area (Å²) in [5.74, 6) is 1.93. The minimum absolute atomic E-state index is 0.117. The van der Waals surface area contributed by atoms with Crippen LogP contribution in [-0.2, 0) is 0 Å². The Hall–Kier alpha value is -2.75. The van der Waals surface area contributed by atoms with Gasteiger partial charge in [-0.05, 0) is 63.3 Å². The van der Waals surface area contributed by atoms with Gasteiger partial charge in [-0.2, -0.15) is 0 Å². The SMILES string of the molecule is CCOc1ccc(OCC)c(C=CC(=O)c2ccccc2OCC)c1. The average molecular weight is 340 g/mol. The summed E-state index contributed by atoms with van der Waals surface area (Å²) in [6, 6.07) is 12.8. The number of hydrogen-bond donors (Lipinski definition) is 0. The molecule has 0 saturated heterocycles. The fourth-order valence-electron chi connectivity index (χ4n) is 2.41. The van der Waals surface area contributed by atoms with Crippen LogP contribution in [-0.4, -0.2) is 25.6 Å². The van der Waals surface area contributed by atoms with Gasteiger partial charge in [0.25, 0.3) is 0 Å². The van der Waals surface area contributed by atoms with Crippen LogP contribution in [0.4, 0.5) is 0 Å². The number of para-hydroxylation sites is 1. The quantitative estimate of drug-likeness (QED) is 0.487. The Morgan fingerprint density at radius 3 is 2.28 bits per heavy atom. The van der Waals surface area contributed by atoms with Gasteiger partial charge in [0.2, 0.25) is 0 Å². The first-order valence-corrected chi connectivity index (χ1v) is 8.53. The van der Waals surface area contributed by atoms with Gasteiger partial charge >= 0.3 is 0 Å². The number of carbonyl (C=O) groups is 1. The van der Waals surface area contributed by atoms with Gasteiger partial charge < -0.3 is 14.2 Å². The van der Waals surface area contributed by atoms with E-state index in [2.05, 4.69) is 0 Å². The van der Waals surface area contributed by atoms with Crippen LogP contribution in [0.3, 0.4) is 0 Å². The molecular formula is C21H24O4. The molecule has 0 aliphatic carbocycles. The topological polar surface area (TPSA) is 44.8 Å². The lowest BCUT2D eigenvalue weighted by molar-refractivity contribution is 0.104. The fourth-order valence-corrected chi connectivity index (χ4v) is 2.41. The van der Waals surface area contributed by atoms with Crippen molar-refractivity contribution in [3.63, 3.8) is 0 Å². The van der Waals surface area contributed by atoms with E-state index >= 15 is 0 Å². The molecule has 0 atom stereocenters. The molecule has 2 rings (SSSR count). The van der Waals surface area contributed by atoms with E-state index in [1.54, 1.807) is 18.2 Å². The second-order valence-corrected chi connectivity index (χ2v) is 5.19. The van der Waals surface area contributed by atoms with E-state index in [0.717, 1.165) is 11.3 Å². The summed E-state index contributed by atoms with van der Waals surface area (Å²) in [5.41, 5.74) is 1.34. The molecule has 0 aliphatic heterocycles. The molecule has 0 fully saturated rings. The summed E-state index contributed by atoms with van der Waals surface area (Å²) in [7, 11) is 0. The molecule has 0 radical (unpaired) electrons. The number of benzene rings is 2. The van der Waals surface area contributed by atoms with Crippen LogP contribution in [0.1, 0.15) is 36.7 Å². The van der Waals surface area contributed by atoms with Crippen molar-refractivity contribution in [1.82, 2.24) is 0 Å². The first-order chi connectivity index (χ1) is 12.2. The van der Waals surface area contributed by atoms with Crippen molar-refractivity contribution in [2.24, 2.45) is 0 Å². The number of ether oxygens (including phenoxy) is 3. The fraction of sp³-hybridized carbons (Fsp3) is 0.286. The monoisotopic (exact) mass is 340 g/mol. The van der Waals surface area contributed by atoms with Gasteiger partial charge in [0.15, 0.2) is 5.78 Å². The second kappa shape index (κ2) is 9.52. The van der Waals surface area contributed by atoms with E-state index in [1.165, 1.54) is 6.08 Å². The summed E-state index contributed by atoms with van der Waals surface area (Å²) >= 11 is 0. The molecule has 4 heteroatoms. The number of carbonyl (C=O) groups excluding carboxylic acids is 1. The Labute approximate surface area is 149 Å². The van der Waals surface area contributed by atoms with E-state index in [0.29, 0.717) is 36.9 Å². The molecule has 0 saturated carbocycles. The highest BCUT2D eigenvalue weighted by Crippen LogP contribution is 2.26. The van der Waals surface area contributed by atoms with Crippen LogP contribution in [0.5, 0.6) is 17.2 Å². The molecule has 0 heterocycles. The highest BCUT2D eigenvalue weighted by Gasteiger charge is 2.10. The summed E-state index contributed by atoms with van der Waals surface area (Å²) in [6.07, 6.45) is 3.28. The Balaban J connectivity index is 2.28. The van der Waals surface area contributed by atoms with Crippen LogP contribution in [0, 0.1) is 0 Å². The third-order valence-corrected chi connectivity index (χ3v) is 3.46. The summed E-state index contributed by atoms with van der Waals surface area (Å²) in [4.78, 5) is 12.6. The van der Waals surface area contributed by atoms with Gasteiger partial charge in [-0.25, -0.2) is 0 Å². The number of ketones is 1. The van der Waals surface area contributed by atoms with Crippen LogP contribution < -0.4 is 14.2 Å². The maximum atomic E-state index is 12.6. The van der Waals surface area contributed by atoms with Crippen molar-refractivity contribution in [2.75, 3.05) is 19.8 Å². The number of hydrogen-bond acceptors (Lipinski definition) is 4. The van der Waals surface area contributed by atoms with Crippen molar-refractivity contribution in [3.05, 3.63) is 59.7 Å². The van der Waals surface area contributed by atoms with Gasteiger partial charge in [0.1, 0.15) is 17.2 Å². The van der Waals surface area contributed by atoms with E-state index in [9.17, 15) is 4.79 Å². The molecule has 0 spiro atoms. The molecule has 4 nitrogen and oxygen atoms in total. The standard InChI is InChI=1S/C21H24O4/c1-4-23-17-12-14-20(24-5-2)16(15-17)11-13-19(22)18-9-7-8-10-21(18)25-6-3/h7-15H,4-6H2,1-3H3. The maximum absolute atomic E-state index is 12.6. The highest BCUT2D eigenvalue weighted by molar-refractivity contribution is 6.08. The normalized spacial score (nSPS) is 10.7. The van der Waals surface area contributed by atoms with E-state index < -0.39 is 0 Å². The molecule has 0 aromatic heterocycles. The molecule has 0 unspecified atom stereocenters. The highest BCUT2D eigenvalue weighted by atomic mass is 16.5. The molecule has 2 aromatic rings. The van der Waals surface area contributed by atoms with Gasteiger partial charge in [-0.1, -0.05) is 12.1 Å². The predicted octanol–water partition coefficient (Wildman–Crippen LogP) is 4.78. The summed E-state index contributed by atoms with van der Waals surface area (Å²) in [5, 5.41) is 0. The third kappa shape index (κ3) is 5.11. The second-order valence-electron chi connectivity index (χ2n) is 5.19. The van der Waals surface area contributed by atoms with Crippen molar-refractivity contribution in [1.29, 1.82) is 0 Å². The van der Waals surface area contributed by atoms with Crippen LogP contribution in [0.15, 0.2) is 48.5 Å². The summed E-state index contributed by atoms with van der Waals surface area (Å²) in [6.45, 7) is 7.39. The van der Waals surface area contributed by atoms with Crippen molar-refractivity contribution in [2.45, 2.75) is 20.8 Å². The van der Waals surface area contributed by atoms with Gasteiger partial charge in [-0.15, -0.1) is 0 Å². The molecule has 2 aromatic carbocycles. The van der Waals surface area contributed by atoms with Gasteiger partial charge in [0.05, 0.1) is 25.4 Å². The smallest absolute Gasteiger partial charge is 0.189 e. The molecule has 25 heavy (non-hydrogen) atoms. The predicted molar refractivity (Wildman–Crippen MR) is 99.8 cm³/mol. The van der Waals surface area contributed by atoms with E-state index in [-0.39, 0.29) is 5.78 Å². The zero-order valence-corrected chi connectivity index (χ0v) is 15.0. The van der Waals surface area contributed by atoms with Crippen molar-refractivity contribution in [3.8, 4) is 17.2 Å². The number of allylic oxidation sites excluding steroid dienone is 1. The first-order valence-electron chi connectivity index (χ1n) is 8.53. The van der Waals surface area contributed by atoms with E-state index in [1.807, 2.05) is 51.1 Å². The molecule has 0 bridgehead atoms. The Bertz CT molecular complexity index is 734. The van der Waals surface area contributed by atoms with Crippen LogP contribution in [0.2, 0.25) is 0 Å². The number of rotatable bonds is 9. The molecule has 0 amide bonds. The van der Waals surface area contributed by atoms with Gasteiger partial charge in [0, 0.05) is 5.56 Å². The summed E-state index contributed by atoms with van der Waals surface area (Å²) < 4.78 is 16.7. The lowest BCUT2D eigenvalue weighted by Crippen LogP contribution is -2.01. The van der Waals surface area contributed by atoms with Gasteiger partial charge in [-0.3, -0.25) is 4.79 Å². The molecule has 132 valence electrons. The minimum atomic E-state index is -0.117. The maximum Gasteiger partial charge on any atom is 0.189 e.